The Balaban J connectivity index is 1.39. The topological polar surface area (TPSA) is 79.2 Å². The molecule has 0 radical (unpaired) electrons. The van der Waals surface area contributed by atoms with Crippen LogP contribution in [0.15, 0.2) is 12.7 Å². The average Bonchev–Trinajstić information content (AvgIpc) is 3.12. The second kappa shape index (κ2) is 7.47. The van der Waals surface area contributed by atoms with Crippen LogP contribution >= 0.6 is 0 Å². The van der Waals surface area contributed by atoms with Gasteiger partial charge in [0.15, 0.2) is 17.0 Å². The van der Waals surface area contributed by atoms with Crippen LogP contribution in [0.5, 0.6) is 0 Å². The first-order chi connectivity index (χ1) is 12.8. The summed E-state index contributed by atoms with van der Waals surface area (Å²) < 4.78 is 2.02. The SMILES string of the molecule is CCn1cnc2c(N3CCN(C(=O)NC4CCCCC4)CC3)ncnc21. The van der Waals surface area contributed by atoms with E-state index >= 15 is 0 Å². The summed E-state index contributed by atoms with van der Waals surface area (Å²) in [5, 5.41) is 3.21. The van der Waals surface area contributed by atoms with E-state index in [4.69, 9.17) is 0 Å². The van der Waals surface area contributed by atoms with Gasteiger partial charge in [-0.2, -0.15) is 0 Å². The molecule has 2 aliphatic rings. The highest BCUT2D eigenvalue weighted by Crippen LogP contribution is 2.23. The van der Waals surface area contributed by atoms with Crippen molar-refractivity contribution in [3.8, 4) is 0 Å². The van der Waals surface area contributed by atoms with Gasteiger partial charge in [0.25, 0.3) is 0 Å². The Morgan fingerprint density at radius 1 is 1.12 bits per heavy atom. The zero-order valence-corrected chi connectivity index (χ0v) is 15.4. The van der Waals surface area contributed by atoms with Crippen molar-refractivity contribution < 1.29 is 4.79 Å². The first kappa shape index (κ1) is 17.1. The Bertz CT molecular complexity index is 760. The van der Waals surface area contributed by atoms with Gasteiger partial charge in [-0.3, -0.25) is 0 Å². The summed E-state index contributed by atoms with van der Waals surface area (Å²) in [7, 11) is 0. The number of nitrogens with zero attached hydrogens (tertiary/aromatic N) is 6. The minimum absolute atomic E-state index is 0.0830. The van der Waals surface area contributed by atoms with E-state index in [2.05, 4.69) is 32.1 Å². The highest BCUT2D eigenvalue weighted by molar-refractivity contribution is 5.83. The molecule has 1 N–H and O–H groups in total. The van der Waals surface area contributed by atoms with Gasteiger partial charge in [0.2, 0.25) is 0 Å². The fourth-order valence-electron chi connectivity index (χ4n) is 3.97. The summed E-state index contributed by atoms with van der Waals surface area (Å²) in [6, 6.07) is 0.438. The zero-order valence-electron chi connectivity index (χ0n) is 15.4. The van der Waals surface area contributed by atoms with Gasteiger partial charge < -0.3 is 19.7 Å². The molecule has 4 rings (SSSR count). The summed E-state index contributed by atoms with van der Waals surface area (Å²) >= 11 is 0. The molecule has 140 valence electrons. The fourth-order valence-corrected chi connectivity index (χ4v) is 3.97. The van der Waals surface area contributed by atoms with Gasteiger partial charge in [-0.15, -0.1) is 0 Å². The smallest absolute Gasteiger partial charge is 0.317 e. The standard InChI is InChI=1S/C18H27N7O/c1-2-23-13-21-15-16(23)19-12-20-17(15)24-8-10-25(11-9-24)18(26)22-14-6-4-3-5-7-14/h12-14H,2-11H2,1H3,(H,22,26). The van der Waals surface area contributed by atoms with Gasteiger partial charge in [-0.1, -0.05) is 19.3 Å². The normalized spacial score (nSPS) is 19.1. The first-order valence-corrected chi connectivity index (χ1v) is 9.72. The minimum Gasteiger partial charge on any atom is -0.351 e. The Morgan fingerprint density at radius 2 is 1.88 bits per heavy atom. The van der Waals surface area contributed by atoms with Crippen molar-refractivity contribution in [3.63, 3.8) is 0 Å². The van der Waals surface area contributed by atoms with Gasteiger partial charge in [0, 0.05) is 38.8 Å². The number of hydrogen-bond acceptors (Lipinski definition) is 5. The van der Waals surface area contributed by atoms with Crippen molar-refractivity contribution in [2.24, 2.45) is 0 Å². The predicted octanol–water partition coefficient (Wildman–Crippen LogP) is 2.01. The van der Waals surface area contributed by atoms with Crippen molar-refractivity contribution in [2.45, 2.75) is 51.6 Å². The number of amides is 2. The molecule has 1 saturated heterocycles. The lowest BCUT2D eigenvalue weighted by Crippen LogP contribution is -2.53. The van der Waals surface area contributed by atoms with Gasteiger partial charge in [-0.05, 0) is 19.8 Å². The number of anilines is 1. The van der Waals surface area contributed by atoms with Crippen LogP contribution in [0.1, 0.15) is 39.0 Å². The monoisotopic (exact) mass is 357 g/mol. The molecule has 0 atom stereocenters. The van der Waals surface area contributed by atoms with E-state index in [1.54, 1.807) is 6.33 Å². The van der Waals surface area contributed by atoms with Gasteiger partial charge in [0.1, 0.15) is 6.33 Å². The third kappa shape index (κ3) is 3.32. The predicted molar refractivity (Wildman–Crippen MR) is 100 cm³/mol. The summed E-state index contributed by atoms with van der Waals surface area (Å²) in [5.41, 5.74) is 1.71. The van der Waals surface area contributed by atoms with Crippen LogP contribution < -0.4 is 10.2 Å². The lowest BCUT2D eigenvalue weighted by Gasteiger charge is -2.36. The molecule has 2 aromatic rings. The van der Waals surface area contributed by atoms with E-state index in [0.29, 0.717) is 19.1 Å². The molecule has 0 spiro atoms. The number of imidazole rings is 1. The molecular weight excluding hydrogens is 330 g/mol. The van der Waals surface area contributed by atoms with Crippen LogP contribution in [0.25, 0.3) is 11.2 Å². The Hall–Kier alpha value is -2.38. The molecule has 0 aromatic carbocycles. The number of rotatable bonds is 3. The second-order valence-corrected chi connectivity index (χ2v) is 7.16. The minimum atomic E-state index is 0.0830. The third-order valence-corrected chi connectivity index (χ3v) is 5.52. The number of urea groups is 1. The fraction of sp³-hybridized carbons (Fsp3) is 0.667. The van der Waals surface area contributed by atoms with E-state index in [1.165, 1.54) is 19.3 Å². The molecule has 3 heterocycles. The van der Waals surface area contributed by atoms with Crippen molar-refractivity contribution >= 4 is 23.0 Å². The van der Waals surface area contributed by atoms with Crippen LogP contribution in [0.2, 0.25) is 0 Å². The molecule has 0 bridgehead atoms. The van der Waals surface area contributed by atoms with Crippen LogP contribution in [-0.2, 0) is 6.54 Å². The maximum atomic E-state index is 12.5. The molecule has 1 aliphatic carbocycles. The zero-order chi connectivity index (χ0) is 17.9. The summed E-state index contributed by atoms with van der Waals surface area (Å²) in [6.45, 7) is 5.86. The molecular formula is C18H27N7O. The Labute approximate surface area is 153 Å². The largest absolute Gasteiger partial charge is 0.351 e. The van der Waals surface area contributed by atoms with Gasteiger partial charge >= 0.3 is 6.03 Å². The summed E-state index contributed by atoms with van der Waals surface area (Å²) in [4.78, 5) is 30.0. The summed E-state index contributed by atoms with van der Waals surface area (Å²) in [6.07, 6.45) is 9.41. The molecule has 8 nitrogen and oxygen atoms in total. The molecule has 2 amide bonds. The van der Waals surface area contributed by atoms with E-state index < -0.39 is 0 Å². The van der Waals surface area contributed by atoms with Gasteiger partial charge in [-0.25, -0.2) is 19.7 Å². The molecule has 2 aromatic heterocycles. The number of carbonyl (C=O) groups is 1. The number of aromatic nitrogens is 4. The molecule has 8 heteroatoms. The van der Waals surface area contributed by atoms with Crippen molar-refractivity contribution in [1.82, 2.24) is 29.7 Å². The number of piperazine rings is 1. The first-order valence-electron chi connectivity index (χ1n) is 9.72. The third-order valence-electron chi connectivity index (χ3n) is 5.52. The highest BCUT2D eigenvalue weighted by Gasteiger charge is 2.25. The Morgan fingerprint density at radius 3 is 2.62 bits per heavy atom. The second-order valence-electron chi connectivity index (χ2n) is 7.16. The number of hydrogen-bond donors (Lipinski definition) is 1. The lowest BCUT2D eigenvalue weighted by molar-refractivity contribution is 0.186. The van der Waals surface area contributed by atoms with E-state index in [9.17, 15) is 4.79 Å². The van der Waals surface area contributed by atoms with Crippen molar-refractivity contribution in [3.05, 3.63) is 12.7 Å². The van der Waals surface area contributed by atoms with E-state index in [0.717, 1.165) is 49.5 Å². The average molecular weight is 357 g/mol. The number of fused-ring (bicyclic) bond motifs is 1. The quantitative estimate of drug-likeness (QED) is 0.909. The van der Waals surface area contributed by atoms with E-state index in [1.807, 2.05) is 15.8 Å². The van der Waals surface area contributed by atoms with Crippen molar-refractivity contribution in [2.75, 3.05) is 31.1 Å². The number of aryl methyl sites for hydroxylation is 1. The van der Waals surface area contributed by atoms with Crippen LogP contribution in [0.4, 0.5) is 10.6 Å². The van der Waals surface area contributed by atoms with Crippen LogP contribution in [-0.4, -0.2) is 62.7 Å². The van der Waals surface area contributed by atoms with Crippen LogP contribution in [0.3, 0.4) is 0 Å². The van der Waals surface area contributed by atoms with Crippen LogP contribution in [0, 0.1) is 0 Å². The highest BCUT2D eigenvalue weighted by atomic mass is 16.2. The lowest BCUT2D eigenvalue weighted by atomic mass is 9.96. The number of nitrogens with one attached hydrogen (secondary N) is 1. The summed E-state index contributed by atoms with van der Waals surface area (Å²) in [5.74, 6) is 0.870. The molecule has 26 heavy (non-hydrogen) atoms. The maximum Gasteiger partial charge on any atom is 0.317 e. The molecule has 1 saturated carbocycles. The number of carbonyl (C=O) groups excluding carboxylic acids is 1. The van der Waals surface area contributed by atoms with Crippen molar-refractivity contribution in [1.29, 1.82) is 0 Å². The molecule has 0 unspecified atom stereocenters. The molecule has 1 aliphatic heterocycles. The maximum absolute atomic E-state index is 12.5. The van der Waals surface area contributed by atoms with Gasteiger partial charge in [0.05, 0.1) is 6.33 Å². The Kier molecular flexibility index (Phi) is 4.90. The molecule has 2 fully saturated rings. The van der Waals surface area contributed by atoms with E-state index in [-0.39, 0.29) is 6.03 Å².